The molecule has 13 heavy (non-hydrogen) atoms. The first-order chi connectivity index (χ1) is 5.70. The van der Waals surface area contributed by atoms with Gasteiger partial charge in [-0.3, -0.25) is 0 Å². The van der Waals surface area contributed by atoms with Crippen molar-refractivity contribution in [2.24, 2.45) is 5.73 Å². The van der Waals surface area contributed by atoms with Crippen LogP contribution in [0.1, 0.15) is 12.5 Å². The first-order valence-electron chi connectivity index (χ1n) is 4.14. The van der Waals surface area contributed by atoms with Gasteiger partial charge in [-0.05, 0) is 25.5 Å². The molecule has 74 valence electrons. The van der Waals surface area contributed by atoms with E-state index in [0.29, 0.717) is 6.61 Å². The van der Waals surface area contributed by atoms with Gasteiger partial charge >= 0.3 is 0 Å². The molecule has 1 aromatic rings. The minimum atomic E-state index is 0. The third kappa shape index (κ3) is 4.15. The monoisotopic (exact) mass is 201 g/mol. The summed E-state index contributed by atoms with van der Waals surface area (Å²) in [6, 6.07) is 8.02. The van der Waals surface area contributed by atoms with Gasteiger partial charge in [0.25, 0.3) is 0 Å². The summed E-state index contributed by atoms with van der Waals surface area (Å²) in [4.78, 5) is 0. The topological polar surface area (TPSA) is 35.2 Å². The van der Waals surface area contributed by atoms with Crippen LogP contribution >= 0.6 is 12.4 Å². The van der Waals surface area contributed by atoms with E-state index in [0.717, 1.165) is 11.3 Å². The summed E-state index contributed by atoms with van der Waals surface area (Å²) in [7, 11) is 0. The first kappa shape index (κ1) is 12.3. The van der Waals surface area contributed by atoms with E-state index in [1.165, 1.54) is 0 Å². The summed E-state index contributed by atoms with van der Waals surface area (Å²) in [5.41, 5.74) is 6.72. The Morgan fingerprint density at radius 3 is 2.54 bits per heavy atom. The van der Waals surface area contributed by atoms with E-state index in [-0.39, 0.29) is 18.4 Å². The van der Waals surface area contributed by atoms with Gasteiger partial charge in [0.15, 0.2) is 0 Å². The highest BCUT2D eigenvalue weighted by atomic mass is 35.5. The second-order valence-electron chi connectivity index (χ2n) is 3.05. The molecule has 0 aliphatic rings. The van der Waals surface area contributed by atoms with E-state index in [9.17, 15) is 0 Å². The lowest BCUT2D eigenvalue weighted by molar-refractivity contribution is 0.294. The molecular weight excluding hydrogens is 186 g/mol. The van der Waals surface area contributed by atoms with E-state index in [1.807, 2.05) is 38.1 Å². The Morgan fingerprint density at radius 2 is 2.00 bits per heavy atom. The Balaban J connectivity index is 0.00000144. The van der Waals surface area contributed by atoms with Gasteiger partial charge in [0.1, 0.15) is 12.4 Å². The Bertz CT molecular complexity index is 250. The molecule has 0 spiro atoms. The number of aryl methyl sites for hydroxylation is 1. The number of nitrogens with two attached hydrogens (primary N) is 1. The zero-order chi connectivity index (χ0) is 8.97. The molecule has 1 aromatic carbocycles. The Hall–Kier alpha value is -0.730. The molecule has 0 aliphatic heterocycles. The zero-order valence-electron chi connectivity index (χ0n) is 7.99. The zero-order valence-corrected chi connectivity index (χ0v) is 8.80. The third-order valence-corrected chi connectivity index (χ3v) is 1.60. The molecule has 1 rings (SSSR count). The van der Waals surface area contributed by atoms with E-state index < -0.39 is 0 Å². The fourth-order valence-corrected chi connectivity index (χ4v) is 0.940. The van der Waals surface area contributed by atoms with Crippen LogP contribution in [0.15, 0.2) is 24.3 Å². The van der Waals surface area contributed by atoms with Gasteiger partial charge in [-0.2, -0.15) is 0 Å². The van der Waals surface area contributed by atoms with Crippen molar-refractivity contribution in [3.63, 3.8) is 0 Å². The molecule has 2 N–H and O–H groups in total. The maximum Gasteiger partial charge on any atom is 0.122 e. The van der Waals surface area contributed by atoms with Gasteiger partial charge in [0, 0.05) is 6.04 Å². The molecule has 0 amide bonds. The predicted octanol–water partition coefficient (Wildman–Crippen LogP) is 2.14. The number of rotatable bonds is 3. The highest BCUT2D eigenvalue weighted by Gasteiger charge is 1.98. The Morgan fingerprint density at radius 1 is 1.38 bits per heavy atom. The van der Waals surface area contributed by atoms with Gasteiger partial charge in [0.2, 0.25) is 0 Å². The fraction of sp³-hybridized carbons (Fsp3) is 0.400. The average Bonchev–Trinajstić information content (AvgIpc) is 2.03. The number of para-hydroxylation sites is 1. The SMILES string of the molecule is Cc1ccccc1OCC(C)N.Cl. The van der Waals surface area contributed by atoms with Crippen molar-refractivity contribution < 1.29 is 4.74 Å². The lowest BCUT2D eigenvalue weighted by Gasteiger charge is -2.10. The second-order valence-corrected chi connectivity index (χ2v) is 3.05. The molecule has 0 radical (unpaired) electrons. The third-order valence-electron chi connectivity index (χ3n) is 1.60. The number of hydrogen-bond acceptors (Lipinski definition) is 2. The summed E-state index contributed by atoms with van der Waals surface area (Å²) in [6.07, 6.45) is 0. The minimum absolute atomic E-state index is 0. The van der Waals surface area contributed by atoms with Crippen LogP contribution in [0.4, 0.5) is 0 Å². The minimum Gasteiger partial charge on any atom is -0.492 e. The molecule has 0 aromatic heterocycles. The van der Waals surface area contributed by atoms with Crippen molar-refractivity contribution in [1.82, 2.24) is 0 Å². The van der Waals surface area contributed by atoms with Crippen molar-refractivity contribution in [2.45, 2.75) is 19.9 Å². The first-order valence-corrected chi connectivity index (χ1v) is 4.14. The standard InChI is InChI=1S/C10H15NO.ClH/c1-8-5-3-4-6-10(8)12-7-9(2)11;/h3-6,9H,7,11H2,1-2H3;1H. The molecule has 1 atom stereocenters. The molecular formula is C10H16ClNO. The maximum absolute atomic E-state index is 5.57. The molecule has 0 heterocycles. The summed E-state index contributed by atoms with van der Waals surface area (Å²) in [5.74, 6) is 0.926. The molecule has 0 saturated carbocycles. The predicted molar refractivity (Wildman–Crippen MR) is 57.6 cm³/mol. The lowest BCUT2D eigenvalue weighted by Crippen LogP contribution is -2.23. The van der Waals surface area contributed by atoms with Crippen LogP contribution in [0.2, 0.25) is 0 Å². The van der Waals surface area contributed by atoms with E-state index in [2.05, 4.69) is 0 Å². The summed E-state index contributed by atoms with van der Waals surface area (Å²) < 4.78 is 5.47. The Kier molecular flexibility index (Phi) is 5.51. The lowest BCUT2D eigenvalue weighted by atomic mass is 10.2. The van der Waals surface area contributed by atoms with Crippen molar-refractivity contribution in [3.05, 3.63) is 29.8 Å². The normalized spacial score (nSPS) is 11.6. The molecule has 0 fully saturated rings. The smallest absolute Gasteiger partial charge is 0.122 e. The van der Waals surface area contributed by atoms with Gasteiger partial charge in [-0.15, -0.1) is 12.4 Å². The average molecular weight is 202 g/mol. The van der Waals surface area contributed by atoms with Crippen LogP contribution in [0.3, 0.4) is 0 Å². The molecule has 0 saturated heterocycles. The highest BCUT2D eigenvalue weighted by molar-refractivity contribution is 5.85. The van der Waals surface area contributed by atoms with Gasteiger partial charge in [0.05, 0.1) is 0 Å². The van der Waals surface area contributed by atoms with E-state index in [1.54, 1.807) is 0 Å². The van der Waals surface area contributed by atoms with Crippen molar-refractivity contribution in [2.75, 3.05) is 6.61 Å². The molecule has 3 heteroatoms. The Labute approximate surface area is 85.5 Å². The van der Waals surface area contributed by atoms with Crippen molar-refractivity contribution >= 4 is 12.4 Å². The molecule has 0 aliphatic carbocycles. The number of hydrogen-bond donors (Lipinski definition) is 1. The molecule has 2 nitrogen and oxygen atoms in total. The summed E-state index contributed by atoms with van der Waals surface area (Å²) in [5, 5.41) is 0. The van der Waals surface area contributed by atoms with E-state index in [4.69, 9.17) is 10.5 Å². The van der Waals surface area contributed by atoms with Gasteiger partial charge in [-0.1, -0.05) is 18.2 Å². The molecule has 1 unspecified atom stereocenters. The van der Waals surface area contributed by atoms with Crippen LogP contribution in [-0.4, -0.2) is 12.6 Å². The largest absolute Gasteiger partial charge is 0.492 e. The highest BCUT2D eigenvalue weighted by Crippen LogP contribution is 2.15. The van der Waals surface area contributed by atoms with Crippen LogP contribution in [0, 0.1) is 6.92 Å². The van der Waals surface area contributed by atoms with Gasteiger partial charge in [-0.25, -0.2) is 0 Å². The fourth-order valence-electron chi connectivity index (χ4n) is 0.940. The summed E-state index contributed by atoms with van der Waals surface area (Å²) in [6.45, 7) is 4.53. The van der Waals surface area contributed by atoms with E-state index >= 15 is 0 Å². The van der Waals surface area contributed by atoms with Crippen LogP contribution < -0.4 is 10.5 Å². The van der Waals surface area contributed by atoms with Crippen LogP contribution in [0.5, 0.6) is 5.75 Å². The molecule has 0 bridgehead atoms. The van der Waals surface area contributed by atoms with Crippen LogP contribution in [-0.2, 0) is 0 Å². The van der Waals surface area contributed by atoms with Crippen LogP contribution in [0.25, 0.3) is 0 Å². The number of halogens is 1. The number of benzene rings is 1. The quantitative estimate of drug-likeness (QED) is 0.814. The van der Waals surface area contributed by atoms with Gasteiger partial charge < -0.3 is 10.5 Å². The second kappa shape index (κ2) is 5.84. The summed E-state index contributed by atoms with van der Waals surface area (Å²) >= 11 is 0. The maximum atomic E-state index is 5.57. The van der Waals surface area contributed by atoms with Crippen molar-refractivity contribution in [1.29, 1.82) is 0 Å². The van der Waals surface area contributed by atoms with Crippen molar-refractivity contribution in [3.8, 4) is 5.75 Å². The number of ether oxygens (including phenoxy) is 1.